The number of aromatic amines is 1. The molecule has 7 nitrogen and oxygen atoms in total. The third-order valence-electron chi connectivity index (χ3n) is 4.51. The van der Waals surface area contributed by atoms with E-state index in [4.69, 9.17) is 9.47 Å². The van der Waals surface area contributed by atoms with Crippen molar-refractivity contribution in [2.45, 2.75) is 5.16 Å². The van der Waals surface area contributed by atoms with Crippen LogP contribution in [0.3, 0.4) is 0 Å². The molecule has 144 valence electrons. The Labute approximate surface area is 170 Å². The van der Waals surface area contributed by atoms with Crippen LogP contribution in [0, 0.1) is 0 Å². The van der Waals surface area contributed by atoms with E-state index in [1.807, 2.05) is 59.2 Å². The molecular formula is C21H16N4O3S. The molecule has 3 heterocycles. The monoisotopic (exact) mass is 404 g/mol. The number of benzene rings is 2. The quantitative estimate of drug-likeness (QED) is 0.387. The van der Waals surface area contributed by atoms with Gasteiger partial charge < -0.3 is 14.5 Å². The molecule has 0 amide bonds. The van der Waals surface area contributed by atoms with Gasteiger partial charge in [-0.1, -0.05) is 30.0 Å². The molecule has 29 heavy (non-hydrogen) atoms. The molecule has 0 aliphatic carbocycles. The van der Waals surface area contributed by atoms with Gasteiger partial charge in [0.1, 0.15) is 0 Å². The van der Waals surface area contributed by atoms with Crippen LogP contribution in [0.2, 0.25) is 0 Å². The number of fused-ring (bicyclic) bond motifs is 1. The molecule has 8 heteroatoms. The maximum atomic E-state index is 12.4. The smallest absolute Gasteiger partial charge is 0.231 e. The van der Waals surface area contributed by atoms with Gasteiger partial charge in [0.05, 0.1) is 11.4 Å². The molecule has 1 aliphatic rings. The number of ether oxygens (including phenoxy) is 2. The van der Waals surface area contributed by atoms with E-state index in [1.54, 1.807) is 12.3 Å². The van der Waals surface area contributed by atoms with E-state index < -0.39 is 0 Å². The van der Waals surface area contributed by atoms with Crippen molar-refractivity contribution in [2.75, 3.05) is 12.5 Å². The summed E-state index contributed by atoms with van der Waals surface area (Å²) in [6.45, 7) is 0.214. The second-order valence-corrected chi connectivity index (χ2v) is 7.28. The van der Waals surface area contributed by atoms with E-state index in [0.29, 0.717) is 28.2 Å². The van der Waals surface area contributed by atoms with Crippen LogP contribution < -0.4 is 9.47 Å². The van der Waals surface area contributed by atoms with Crippen molar-refractivity contribution < 1.29 is 14.3 Å². The summed E-state index contributed by atoms with van der Waals surface area (Å²) >= 11 is 1.35. The van der Waals surface area contributed by atoms with Crippen LogP contribution in [-0.4, -0.2) is 38.1 Å². The predicted octanol–water partition coefficient (Wildman–Crippen LogP) is 3.97. The fourth-order valence-corrected chi connectivity index (χ4v) is 3.94. The van der Waals surface area contributed by atoms with E-state index in [2.05, 4.69) is 15.2 Å². The van der Waals surface area contributed by atoms with Crippen molar-refractivity contribution in [2.24, 2.45) is 0 Å². The number of thioether (sulfide) groups is 1. The summed E-state index contributed by atoms with van der Waals surface area (Å²) < 4.78 is 12.8. The third kappa shape index (κ3) is 3.38. The highest BCUT2D eigenvalue weighted by Gasteiger charge is 2.20. The molecule has 0 spiro atoms. The highest BCUT2D eigenvalue weighted by atomic mass is 32.2. The summed E-state index contributed by atoms with van der Waals surface area (Å²) in [7, 11) is 0. The molecule has 2 aromatic carbocycles. The van der Waals surface area contributed by atoms with Crippen molar-refractivity contribution in [1.29, 1.82) is 0 Å². The van der Waals surface area contributed by atoms with E-state index in [9.17, 15) is 4.79 Å². The lowest BCUT2D eigenvalue weighted by Crippen LogP contribution is -2.05. The van der Waals surface area contributed by atoms with Crippen LogP contribution in [0.5, 0.6) is 11.5 Å². The summed E-state index contributed by atoms with van der Waals surface area (Å²) in [5, 5.41) is 9.41. The normalized spacial score (nSPS) is 12.3. The minimum atomic E-state index is 0.00670. The molecule has 5 rings (SSSR count). The topological polar surface area (TPSA) is 82.0 Å². The van der Waals surface area contributed by atoms with Gasteiger partial charge >= 0.3 is 0 Å². The zero-order valence-corrected chi connectivity index (χ0v) is 16.1. The minimum absolute atomic E-state index is 0.00670. The van der Waals surface area contributed by atoms with Gasteiger partial charge in [-0.15, -0.1) is 10.2 Å². The van der Waals surface area contributed by atoms with Crippen molar-refractivity contribution in [3.05, 3.63) is 72.6 Å². The number of hydrogen-bond acceptors (Lipinski definition) is 6. The second kappa shape index (κ2) is 7.48. The molecule has 0 unspecified atom stereocenters. The number of ketones is 1. The first kappa shape index (κ1) is 17.6. The Balaban J connectivity index is 1.51. The first-order valence-corrected chi connectivity index (χ1v) is 9.98. The Bertz CT molecular complexity index is 1160. The number of nitrogens with zero attached hydrogens (tertiary/aromatic N) is 3. The van der Waals surface area contributed by atoms with Crippen molar-refractivity contribution in [3.63, 3.8) is 0 Å². The Morgan fingerprint density at radius 2 is 1.90 bits per heavy atom. The molecular weight excluding hydrogens is 388 g/mol. The SMILES string of the molecule is O=C(CSc1nnc(-c2ccc3c(c2)OCO3)n1-c1ccccc1)c1ccc[nH]1. The first-order valence-electron chi connectivity index (χ1n) is 9.00. The van der Waals surface area contributed by atoms with Gasteiger partial charge in [0.2, 0.25) is 6.79 Å². The molecule has 0 bridgehead atoms. The largest absolute Gasteiger partial charge is 0.454 e. The molecule has 4 aromatic rings. The summed E-state index contributed by atoms with van der Waals surface area (Å²) in [5.41, 5.74) is 2.35. The van der Waals surface area contributed by atoms with Crippen molar-refractivity contribution in [1.82, 2.24) is 19.7 Å². The van der Waals surface area contributed by atoms with E-state index in [0.717, 1.165) is 11.3 Å². The van der Waals surface area contributed by atoms with Gasteiger partial charge in [0.15, 0.2) is 28.3 Å². The number of aromatic nitrogens is 4. The summed E-state index contributed by atoms with van der Waals surface area (Å²) in [4.78, 5) is 15.3. The number of nitrogens with one attached hydrogen (secondary N) is 1. The average molecular weight is 404 g/mol. The van der Waals surface area contributed by atoms with E-state index in [-0.39, 0.29) is 18.3 Å². The van der Waals surface area contributed by atoms with Crippen molar-refractivity contribution in [3.8, 4) is 28.6 Å². The molecule has 0 saturated heterocycles. The lowest BCUT2D eigenvalue weighted by Gasteiger charge is -2.10. The fraction of sp³-hybridized carbons (Fsp3) is 0.0952. The van der Waals surface area contributed by atoms with Crippen LogP contribution in [0.25, 0.3) is 17.1 Å². The minimum Gasteiger partial charge on any atom is -0.454 e. The lowest BCUT2D eigenvalue weighted by atomic mass is 10.2. The van der Waals surface area contributed by atoms with Gasteiger partial charge in [-0.2, -0.15) is 0 Å². The standard InChI is InChI=1S/C21H16N4O3S/c26-17(16-7-4-10-22-16)12-29-21-24-23-20(25(21)15-5-2-1-3-6-15)14-8-9-18-19(11-14)28-13-27-18/h1-11,22H,12-13H2. The van der Waals surface area contributed by atoms with Crippen LogP contribution in [0.4, 0.5) is 0 Å². The number of rotatable bonds is 6. The number of hydrogen-bond donors (Lipinski definition) is 1. The highest BCUT2D eigenvalue weighted by molar-refractivity contribution is 7.99. The van der Waals surface area contributed by atoms with Crippen LogP contribution in [0.15, 0.2) is 72.0 Å². The molecule has 0 fully saturated rings. The van der Waals surface area contributed by atoms with Crippen LogP contribution in [-0.2, 0) is 0 Å². The number of carbonyl (C=O) groups is 1. The van der Waals surface area contributed by atoms with Crippen LogP contribution >= 0.6 is 11.8 Å². The maximum Gasteiger partial charge on any atom is 0.231 e. The first-order chi connectivity index (χ1) is 14.3. The molecule has 0 saturated carbocycles. The van der Waals surface area contributed by atoms with Crippen LogP contribution in [0.1, 0.15) is 10.5 Å². The van der Waals surface area contributed by atoms with E-state index in [1.165, 1.54) is 11.8 Å². The lowest BCUT2D eigenvalue weighted by molar-refractivity contribution is 0.101. The van der Waals surface area contributed by atoms with Crippen molar-refractivity contribution >= 4 is 17.5 Å². The molecule has 2 aromatic heterocycles. The van der Waals surface area contributed by atoms with Gasteiger partial charge in [-0.3, -0.25) is 9.36 Å². The summed E-state index contributed by atoms with van der Waals surface area (Å²) in [6, 6.07) is 19.1. The summed E-state index contributed by atoms with van der Waals surface area (Å²) in [6.07, 6.45) is 1.74. The zero-order chi connectivity index (χ0) is 19.6. The molecule has 1 aliphatic heterocycles. The maximum absolute atomic E-state index is 12.4. The van der Waals surface area contributed by atoms with E-state index >= 15 is 0 Å². The number of carbonyl (C=O) groups excluding carboxylic acids is 1. The predicted molar refractivity (Wildman–Crippen MR) is 109 cm³/mol. The highest BCUT2D eigenvalue weighted by Crippen LogP contribution is 2.37. The number of Topliss-reactive ketones (excluding diaryl/α,β-unsaturated/α-hetero) is 1. The zero-order valence-electron chi connectivity index (χ0n) is 15.2. The third-order valence-corrected chi connectivity index (χ3v) is 5.44. The Hall–Kier alpha value is -3.52. The van der Waals surface area contributed by atoms with Gasteiger partial charge in [-0.25, -0.2) is 0 Å². The fourth-order valence-electron chi connectivity index (χ4n) is 3.11. The van der Waals surface area contributed by atoms with Gasteiger partial charge in [0, 0.05) is 17.4 Å². The number of para-hydroxylation sites is 1. The Morgan fingerprint density at radius 1 is 1.03 bits per heavy atom. The molecule has 0 atom stereocenters. The Kier molecular flexibility index (Phi) is 4.53. The summed E-state index contributed by atoms with van der Waals surface area (Å²) in [5.74, 6) is 2.33. The van der Waals surface area contributed by atoms with Gasteiger partial charge in [0.25, 0.3) is 0 Å². The van der Waals surface area contributed by atoms with Gasteiger partial charge in [-0.05, 0) is 42.5 Å². The second-order valence-electron chi connectivity index (χ2n) is 6.34. The number of H-pyrrole nitrogens is 1. The average Bonchev–Trinajstić information content (AvgIpc) is 3.52. The molecule has 1 N–H and O–H groups in total. The Morgan fingerprint density at radius 3 is 2.72 bits per heavy atom. The molecule has 0 radical (unpaired) electrons.